The van der Waals surface area contributed by atoms with Gasteiger partial charge in [0.2, 0.25) is 0 Å². The zero-order chi connectivity index (χ0) is 15.5. The Labute approximate surface area is 122 Å². The van der Waals surface area contributed by atoms with E-state index in [9.17, 15) is 22.0 Å². The quantitative estimate of drug-likeness (QED) is 0.796. The van der Waals surface area contributed by atoms with Crippen molar-refractivity contribution in [3.8, 4) is 0 Å². The second-order valence-corrected chi connectivity index (χ2v) is 7.40. The van der Waals surface area contributed by atoms with Crippen molar-refractivity contribution in [2.24, 2.45) is 0 Å². The molecule has 2 rings (SSSR count). The Kier molecular flexibility index (Phi) is 4.40. The molecule has 0 saturated heterocycles. The average Bonchev–Trinajstić information content (AvgIpc) is 2.48. The standard InChI is InChI=1S/C12H12N2O5S2/c15-14(21(18,19)12-9-5-2-6-10-12)13-20(16,17)11-7-3-1-4-8-11/h1-10,13,15H. The first kappa shape index (κ1) is 15.6. The van der Waals surface area contributed by atoms with Crippen LogP contribution in [-0.4, -0.2) is 26.6 Å². The third kappa shape index (κ3) is 3.46. The predicted octanol–water partition coefficient (Wildman–Crippen LogP) is 0.960. The number of hydrazine groups is 1. The van der Waals surface area contributed by atoms with Gasteiger partial charge in [0.25, 0.3) is 20.0 Å². The van der Waals surface area contributed by atoms with E-state index in [1.807, 2.05) is 0 Å². The van der Waals surface area contributed by atoms with Gasteiger partial charge in [0.15, 0.2) is 0 Å². The van der Waals surface area contributed by atoms with E-state index in [1.165, 1.54) is 48.5 Å². The third-order valence-corrected chi connectivity index (χ3v) is 5.36. The number of benzene rings is 2. The van der Waals surface area contributed by atoms with E-state index in [1.54, 1.807) is 17.0 Å². The predicted molar refractivity (Wildman–Crippen MR) is 74.0 cm³/mol. The number of sulfonamides is 2. The highest BCUT2D eigenvalue weighted by Crippen LogP contribution is 2.14. The first-order chi connectivity index (χ1) is 9.84. The summed E-state index contributed by atoms with van der Waals surface area (Å²) in [5.74, 6) is 0. The molecule has 0 unspecified atom stereocenters. The minimum atomic E-state index is -4.38. The lowest BCUT2D eigenvalue weighted by atomic mass is 10.4. The summed E-state index contributed by atoms with van der Waals surface area (Å²) in [5, 5.41) is 9.58. The summed E-state index contributed by atoms with van der Waals surface area (Å²) in [6.07, 6.45) is 0. The van der Waals surface area contributed by atoms with Crippen molar-refractivity contribution in [3.05, 3.63) is 60.7 Å². The Bertz CT molecular complexity index is 805. The highest BCUT2D eigenvalue weighted by molar-refractivity contribution is 7.92. The number of hydrogen-bond acceptors (Lipinski definition) is 5. The molecule has 0 atom stereocenters. The fourth-order valence-electron chi connectivity index (χ4n) is 1.50. The van der Waals surface area contributed by atoms with Gasteiger partial charge in [-0.05, 0) is 24.3 Å². The molecule has 0 spiro atoms. The normalized spacial score (nSPS) is 12.5. The molecule has 0 fully saturated rings. The Morgan fingerprint density at radius 3 is 1.67 bits per heavy atom. The average molecular weight is 328 g/mol. The third-order valence-electron chi connectivity index (χ3n) is 2.52. The molecule has 0 bridgehead atoms. The Morgan fingerprint density at radius 1 is 0.762 bits per heavy atom. The SMILES string of the molecule is O=S(=O)(NN(O)S(=O)(=O)c1ccccc1)c1ccccc1. The van der Waals surface area contributed by atoms with E-state index in [4.69, 9.17) is 0 Å². The summed E-state index contributed by atoms with van der Waals surface area (Å²) in [6.45, 7) is 0. The first-order valence-corrected chi connectivity index (χ1v) is 8.63. The molecule has 7 nitrogen and oxygen atoms in total. The van der Waals surface area contributed by atoms with Crippen molar-refractivity contribution in [2.75, 3.05) is 0 Å². The smallest absolute Gasteiger partial charge is 0.279 e. The zero-order valence-electron chi connectivity index (χ0n) is 10.6. The molecule has 9 heteroatoms. The Balaban J connectivity index is 2.28. The molecule has 2 aromatic rings. The summed E-state index contributed by atoms with van der Waals surface area (Å²) >= 11 is 0. The van der Waals surface area contributed by atoms with Crippen molar-refractivity contribution in [2.45, 2.75) is 9.79 Å². The molecular formula is C12H12N2O5S2. The van der Waals surface area contributed by atoms with Crippen molar-refractivity contribution >= 4 is 20.0 Å². The molecule has 2 N–H and O–H groups in total. The lowest BCUT2D eigenvalue weighted by molar-refractivity contribution is -0.0186. The van der Waals surface area contributed by atoms with Gasteiger partial charge < -0.3 is 0 Å². The van der Waals surface area contributed by atoms with Gasteiger partial charge in [-0.25, -0.2) is 16.8 Å². The largest absolute Gasteiger partial charge is 0.284 e. The summed E-state index contributed by atoms with van der Waals surface area (Å²) in [5.41, 5.74) is 0. The summed E-state index contributed by atoms with van der Waals surface area (Å²) in [6, 6.07) is 14.1. The summed E-state index contributed by atoms with van der Waals surface area (Å²) < 4.78 is 47.5. The van der Waals surface area contributed by atoms with Crippen LogP contribution in [0.2, 0.25) is 0 Å². The minimum Gasteiger partial charge on any atom is -0.284 e. The van der Waals surface area contributed by atoms with Gasteiger partial charge in [0.1, 0.15) is 0 Å². The number of hydrogen-bond donors (Lipinski definition) is 2. The van der Waals surface area contributed by atoms with E-state index in [0.717, 1.165) is 0 Å². The van der Waals surface area contributed by atoms with E-state index >= 15 is 0 Å². The van der Waals surface area contributed by atoms with E-state index in [0.29, 0.717) is 0 Å². The van der Waals surface area contributed by atoms with E-state index < -0.39 is 24.6 Å². The summed E-state index contributed by atoms with van der Waals surface area (Å²) in [7, 11) is -8.59. The van der Waals surface area contributed by atoms with Gasteiger partial charge >= 0.3 is 0 Å². The molecule has 0 aliphatic carbocycles. The Hall–Kier alpha value is -1.78. The van der Waals surface area contributed by atoms with Crippen molar-refractivity contribution in [1.82, 2.24) is 9.41 Å². The van der Waals surface area contributed by atoms with Crippen LogP contribution in [0.15, 0.2) is 70.5 Å². The molecule has 0 aliphatic rings. The van der Waals surface area contributed by atoms with Gasteiger partial charge in [-0.2, -0.15) is 0 Å². The van der Waals surface area contributed by atoms with Gasteiger partial charge in [-0.3, -0.25) is 5.21 Å². The minimum absolute atomic E-state index is 0.174. The van der Waals surface area contributed by atoms with Crippen LogP contribution in [0, 0.1) is 0 Å². The maximum absolute atomic E-state index is 12.0. The van der Waals surface area contributed by atoms with Crippen LogP contribution < -0.4 is 4.83 Å². The fraction of sp³-hybridized carbons (Fsp3) is 0. The number of nitrogens with one attached hydrogen (secondary N) is 1. The van der Waals surface area contributed by atoms with Crippen molar-refractivity contribution in [3.63, 3.8) is 0 Å². The Morgan fingerprint density at radius 2 is 1.19 bits per heavy atom. The lowest BCUT2D eigenvalue weighted by Gasteiger charge is -2.16. The molecule has 0 aromatic heterocycles. The van der Waals surface area contributed by atoms with Crippen LogP contribution in [0.25, 0.3) is 0 Å². The van der Waals surface area contributed by atoms with Gasteiger partial charge in [0, 0.05) is 4.58 Å². The second-order valence-electron chi connectivity index (χ2n) is 3.97. The van der Waals surface area contributed by atoms with Crippen molar-refractivity contribution < 1.29 is 22.0 Å². The van der Waals surface area contributed by atoms with Gasteiger partial charge in [-0.15, -0.1) is 4.83 Å². The lowest BCUT2D eigenvalue weighted by Crippen LogP contribution is -2.43. The van der Waals surface area contributed by atoms with Crippen LogP contribution in [0.5, 0.6) is 0 Å². The maximum atomic E-state index is 12.0. The van der Waals surface area contributed by atoms with Gasteiger partial charge in [0.05, 0.1) is 9.79 Å². The van der Waals surface area contributed by atoms with Crippen LogP contribution in [0.1, 0.15) is 0 Å². The zero-order valence-corrected chi connectivity index (χ0v) is 12.3. The molecule has 0 amide bonds. The monoisotopic (exact) mass is 328 g/mol. The molecular weight excluding hydrogens is 316 g/mol. The van der Waals surface area contributed by atoms with E-state index in [2.05, 4.69) is 0 Å². The number of rotatable bonds is 5. The molecule has 0 aliphatic heterocycles. The number of nitrogens with zero attached hydrogens (tertiary/aromatic N) is 1. The van der Waals surface area contributed by atoms with Crippen molar-refractivity contribution in [1.29, 1.82) is 0 Å². The summed E-state index contributed by atoms with van der Waals surface area (Å²) in [4.78, 5) is 1.16. The highest BCUT2D eigenvalue weighted by atomic mass is 32.2. The molecule has 0 saturated carbocycles. The fourth-order valence-corrected chi connectivity index (χ4v) is 3.71. The maximum Gasteiger partial charge on any atom is 0.279 e. The van der Waals surface area contributed by atoms with Crippen LogP contribution >= 0.6 is 0 Å². The molecule has 2 aromatic carbocycles. The second kappa shape index (κ2) is 5.92. The van der Waals surface area contributed by atoms with Crippen LogP contribution in [-0.2, 0) is 20.0 Å². The highest BCUT2D eigenvalue weighted by Gasteiger charge is 2.28. The van der Waals surface area contributed by atoms with Crippen LogP contribution in [0.4, 0.5) is 0 Å². The van der Waals surface area contributed by atoms with Crippen LogP contribution in [0.3, 0.4) is 0 Å². The van der Waals surface area contributed by atoms with E-state index in [-0.39, 0.29) is 9.79 Å². The topological polar surface area (TPSA) is 104 Å². The van der Waals surface area contributed by atoms with Gasteiger partial charge in [-0.1, -0.05) is 36.4 Å². The first-order valence-electron chi connectivity index (χ1n) is 5.71. The molecule has 0 heterocycles. The molecule has 21 heavy (non-hydrogen) atoms. The molecule has 0 radical (unpaired) electrons. The molecule has 112 valence electrons.